The first-order valence-corrected chi connectivity index (χ1v) is 6.66. The summed E-state index contributed by atoms with van der Waals surface area (Å²) in [6.07, 6.45) is 2.52. The zero-order valence-electron chi connectivity index (χ0n) is 9.72. The predicted octanol–water partition coefficient (Wildman–Crippen LogP) is 2.89. The molecule has 2 rings (SSSR count). The van der Waals surface area contributed by atoms with Crippen LogP contribution in [-0.2, 0) is 11.2 Å². The maximum atomic E-state index is 13.7. The van der Waals surface area contributed by atoms with Gasteiger partial charge in [0.1, 0.15) is 5.82 Å². The van der Waals surface area contributed by atoms with Crippen LogP contribution in [0.5, 0.6) is 0 Å². The van der Waals surface area contributed by atoms with Crippen molar-refractivity contribution < 1.29 is 9.13 Å². The van der Waals surface area contributed by atoms with Gasteiger partial charge in [-0.15, -0.1) is 0 Å². The first-order valence-electron chi connectivity index (χ1n) is 5.87. The quantitative estimate of drug-likeness (QED) is 0.932. The second kappa shape index (κ2) is 5.46. The lowest BCUT2D eigenvalue weighted by Gasteiger charge is -2.36. The molecule has 2 N–H and O–H groups in total. The lowest BCUT2D eigenvalue weighted by molar-refractivity contribution is 0.0187. The second-order valence-corrected chi connectivity index (χ2v) is 5.64. The van der Waals surface area contributed by atoms with Crippen LogP contribution in [0.1, 0.15) is 18.4 Å². The van der Waals surface area contributed by atoms with E-state index in [0.717, 1.165) is 36.1 Å². The SMILES string of the molecule is NCC1(Cc2cc(Br)ccc2F)CCOCC1. The van der Waals surface area contributed by atoms with Crippen molar-refractivity contribution in [3.63, 3.8) is 0 Å². The van der Waals surface area contributed by atoms with Gasteiger partial charge < -0.3 is 10.5 Å². The van der Waals surface area contributed by atoms with Gasteiger partial charge in [-0.2, -0.15) is 0 Å². The molecule has 1 aromatic rings. The van der Waals surface area contributed by atoms with Crippen LogP contribution in [0.15, 0.2) is 22.7 Å². The molecule has 0 saturated carbocycles. The Morgan fingerprint density at radius 3 is 2.71 bits per heavy atom. The molecule has 0 amide bonds. The van der Waals surface area contributed by atoms with Crippen molar-refractivity contribution in [1.82, 2.24) is 0 Å². The second-order valence-electron chi connectivity index (χ2n) is 4.73. The van der Waals surface area contributed by atoms with Crippen LogP contribution in [0.3, 0.4) is 0 Å². The first-order chi connectivity index (χ1) is 8.15. The first kappa shape index (κ1) is 13.0. The van der Waals surface area contributed by atoms with Crippen molar-refractivity contribution in [2.24, 2.45) is 11.1 Å². The van der Waals surface area contributed by atoms with Crippen LogP contribution in [-0.4, -0.2) is 19.8 Å². The number of hydrogen-bond acceptors (Lipinski definition) is 2. The minimum Gasteiger partial charge on any atom is -0.381 e. The molecule has 2 nitrogen and oxygen atoms in total. The third-order valence-corrected chi connectivity index (χ3v) is 4.05. The zero-order valence-corrected chi connectivity index (χ0v) is 11.3. The molecule has 0 aliphatic carbocycles. The van der Waals surface area contributed by atoms with Gasteiger partial charge in [0, 0.05) is 17.7 Å². The fourth-order valence-electron chi connectivity index (χ4n) is 2.34. The summed E-state index contributed by atoms with van der Waals surface area (Å²) < 4.78 is 20.0. The molecular formula is C13H17BrFNO. The van der Waals surface area contributed by atoms with Crippen LogP contribution in [0.4, 0.5) is 4.39 Å². The fraction of sp³-hybridized carbons (Fsp3) is 0.538. The summed E-state index contributed by atoms with van der Waals surface area (Å²) in [5.74, 6) is -0.146. The van der Waals surface area contributed by atoms with Crippen molar-refractivity contribution >= 4 is 15.9 Å². The number of rotatable bonds is 3. The van der Waals surface area contributed by atoms with E-state index in [-0.39, 0.29) is 11.2 Å². The highest BCUT2D eigenvalue weighted by Gasteiger charge is 2.32. The summed E-state index contributed by atoms with van der Waals surface area (Å²) >= 11 is 3.38. The number of ether oxygens (including phenoxy) is 1. The molecule has 1 aliphatic rings. The Morgan fingerprint density at radius 1 is 1.35 bits per heavy atom. The standard InChI is InChI=1S/C13H17BrFNO/c14-11-1-2-12(15)10(7-11)8-13(9-16)3-5-17-6-4-13/h1-2,7H,3-6,8-9,16H2. The van der Waals surface area contributed by atoms with Crippen LogP contribution in [0.2, 0.25) is 0 Å². The molecule has 17 heavy (non-hydrogen) atoms. The largest absolute Gasteiger partial charge is 0.381 e. The predicted molar refractivity (Wildman–Crippen MR) is 69.3 cm³/mol. The molecule has 1 aromatic carbocycles. The molecule has 94 valence electrons. The van der Waals surface area contributed by atoms with Gasteiger partial charge in [-0.05, 0) is 55.0 Å². The molecule has 0 bridgehead atoms. The molecule has 0 atom stereocenters. The van der Waals surface area contributed by atoms with Gasteiger partial charge in [0.15, 0.2) is 0 Å². The topological polar surface area (TPSA) is 35.2 Å². The Labute approximate surface area is 109 Å². The van der Waals surface area contributed by atoms with Crippen molar-refractivity contribution in [3.8, 4) is 0 Å². The minimum absolute atomic E-state index is 0.000116. The van der Waals surface area contributed by atoms with Crippen LogP contribution in [0.25, 0.3) is 0 Å². The molecule has 1 heterocycles. The van der Waals surface area contributed by atoms with E-state index in [2.05, 4.69) is 15.9 Å². The van der Waals surface area contributed by atoms with E-state index < -0.39 is 0 Å². The highest BCUT2D eigenvalue weighted by atomic mass is 79.9. The van der Waals surface area contributed by atoms with Gasteiger partial charge in [-0.1, -0.05) is 15.9 Å². The van der Waals surface area contributed by atoms with E-state index in [4.69, 9.17) is 10.5 Å². The van der Waals surface area contributed by atoms with Gasteiger partial charge >= 0.3 is 0 Å². The van der Waals surface area contributed by atoms with Gasteiger partial charge in [0.05, 0.1) is 0 Å². The maximum absolute atomic E-state index is 13.7. The van der Waals surface area contributed by atoms with E-state index in [0.29, 0.717) is 13.0 Å². The van der Waals surface area contributed by atoms with Crippen molar-refractivity contribution in [2.45, 2.75) is 19.3 Å². The summed E-state index contributed by atoms with van der Waals surface area (Å²) in [6, 6.07) is 5.07. The smallest absolute Gasteiger partial charge is 0.126 e. The zero-order chi connectivity index (χ0) is 12.3. The summed E-state index contributed by atoms with van der Waals surface area (Å²) in [5.41, 5.74) is 6.63. The normalized spacial score (nSPS) is 19.2. The van der Waals surface area contributed by atoms with Crippen LogP contribution < -0.4 is 5.73 Å². The average Bonchev–Trinajstić information content (AvgIpc) is 2.35. The lowest BCUT2D eigenvalue weighted by Crippen LogP contribution is -2.38. The third kappa shape index (κ3) is 3.06. The summed E-state index contributed by atoms with van der Waals surface area (Å²) in [7, 11) is 0. The van der Waals surface area contributed by atoms with E-state index in [9.17, 15) is 4.39 Å². The minimum atomic E-state index is -0.146. The molecule has 1 fully saturated rings. The third-order valence-electron chi connectivity index (χ3n) is 3.56. The number of hydrogen-bond donors (Lipinski definition) is 1. The average molecular weight is 302 g/mol. The molecular weight excluding hydrogens is 285 g/mol. The number of benzene rings is 1. The summed E-state index contributed by atoms with van der Waals surface area (Å²) in [6.45, 7) is 2.04. The molecule has 0 spiro atoms. The molecule has 4 heteroatoms. The van der Waals surface area contributed by atoms with Crippen molar-refractivity contribution in [3.05, 3.63) is 34.1 Å². The highest BCUT2D eigenvalue weighted by Crippen LogP contribution is 2.34. The summed E-state index contributed by atoms with van der Waals surface area (Å²) in [5, 5.41) is 0. The Hall–Kier alpha value is -0.450. The van der Waals surface area contributed by atoms with Gasteiger partial charge in [0.25, 0.3) is 0 Å². The highest BCUT2D eigenvalue weighted by molar-refractivity contribution is 9.10. The fourth-order valence-corrected chi connectivity index (χ4v) is 2.75. The van der Waals surface area contributed by atoms with E-state index in [1.807, 2.05) is 6.07 Å². The number of nitrogens with two attached hydrogens (primary N) is 1. The molecule has 1 saturated heterocycles. The number of halogens is 2. The lowest BCUT2D eigenvalue weighted by atomic mass is 9.75. The van der Waals surface area contributed by atoms with Crippen molar-refractivity contribution in [1.29, 1.82) is 0 Å². The molecule has 0 radical (unpaired) electrons. The Balaban J connectivity index is 2.20. The van der Waals surface area contributed by atoms with Crippen LogP contribution in [0, 0.1) is 11.2 Å². The van der Waals surface area contributed by atoms with E-state index >= 15 is 0 Å². The van der Waals surface area contributed by atoms with Crippen molar-refractivity contribution in [2.75, 3.05) is 19.8 Å². The Kier molecular flexibility index (Phi) is 4.17. The van der Waals surface area contributed by atoms with Gasteiger partial charge in [-0.25, -0.2) is 4.39 Å². The monoisotopic (exact) mass is 301 g/mol. The summed E-state index contributed by atoms with van der Waals surface area (Å²) in [4.78, 5) is 0. The molecule has 1 aliphatic heterocycles. The van der Waals surface area contributed by atoms with E-state index in [1.165, 1.54) is 6.07 Å². The Morgan fingerprint density at radius 2 is 2.06 bits per heavy atom. The Bertz CT molecular complexity index is 391. The van der Waals surface area contributed by atoms with Crippen LogP contribution >= 0.6 is 15.9 Å². The molecule has 0 unspecified atom stereocenters. The van der Waals surface area contributed by atoms with Gasteiger partial charge in [0.2, 0.25) is 0 Å². The van der Waals surface area contributed by atoms with Gasteiger partial charge in [-0.3, -0.25) is 0 Å². The molecule has 0 aromatic heterocycles. The maximum Gasteiger partial charge on any atom is 0.126 e. The van der Waals surface area contributed by atoms with E-state index in [1.54, 1.807) is 6.07 Å².